The maximum Gasteiger partial charge on any atom is 0.313 e. The quantitative estimate of drug-likeness (QED) is 0.824. The SMILES string of the molecule is CC(CN(C)C(=O)CSCC(=O)O)c1nccs1. The number of carboxylic acid groups (broad SMARTS) is 1. The molecule has 1 atom stereocenters. The number of likely N-dealkylation sites (N-methyl/N-ethyl adjacent to an activating group) is 1. The third kappa shape index (κ3) is 5.05. The van der Waals surface area contributed by atoms with Crippen LogP contribution in [0.15, 0.2) is 11.6 Å². The Kier molecular flexibility index (Phi) is 6.14. The topological polar surface area (TPSA) is 70.5 Å². The molecular weight excluding hydrogens is 272 g/mol. The fraction of sp³-hybridized carbons (Fsp3) is 0.545. The molecule has 0 aliphatic heterocycles. The van der Waals surface area contributed by atoms with Crippen LogP contribution in [0.2, 0.25) is 0 Å². The van der Waals surface area contributed by atoms with E-state index >= 15 is 0 Å². The van der Waals surface area contributed by atoms with E-state index in [-0.39, 0.29) is 23.3 Å². The Morgan fingerprint density at radius 1 is 1.56 bits per heavy atom. The number of hydrogen-bond donors (Lipinski definition) is 1. The average Bonchev–Trinajstić information content (AvgIpc) is 2.81. The molecule has 100 valence electrons. The standard InChI is InChI=1S/C11H16N2O3S2/c1-8(11-12-3-4-18-11)5-13(2)9(14)6-17-7-10(15)16/h3-4,8H,5-7H2,1-2H3,(H,15,16). The molecule has 0 aliphatic carbocycles. The summed E-state index contributed by atoms with van der Waals surface area (Å²) in [5.74, 6) is -0.589. The molecule has 7 heteroatoms. The zero-order valence-corrected chi connectivity index (χ0v) is 12.0. The minimum Gasteiger partial charge on any atom is -0.481 e. The van der Waals surface area contributed by atoms with Crippen molar-refractivity contribution >= 4 is 35.0 Å². The monoisotopic (exact) mass is 288 g/mol. The molecule has 0 saturated carbocycles. The minimum atomic E-state index is -0.897. The van der Waals surface area contributed by atoms with E-state index in [9.17, 15) is 9.59 Å². The molecule has 1 aromatic heterocycles. The number of thiazole rings is 1. The summed E-state index contributed by atoms with van der Waals surface area (Å²) >= 11 is 2.69. The van der Waals surface area contributed by atoms with Crippen molar-refractivity contribution in [3.8, 4) is 0 Å². The lowest BCUT2D eigenvalue weighted by Gasteiger charge is -2.20. The second kappa shape index (κ2) is 7.38. The van der Waals surface area contributed by atoms with Gasteiger partial charge in [-0.25, -0.2) is 4.98 Å². The fourth-order valence-corrected chi connectivity index (χ4v) is 2.77. The molecule has 18 heavy (non-hydrogen) atoms. The molecule has 1 unspecified atom stereocenters. The number of thioether (sulfide) groups is 1. The number of rotatable bonds is 7. The highest BCUT2D eigenvalue weighted by molar-refractivity contribution is 8.00. The highest BCUT2D eigenvalue weighted by Crippen LogP contribution is 2.18. The van der Waals surface area contributed by atoms with E-state index < -0.39 is 5.97 Å². The molecule has 0 saturated heterocycles. The second-order valence-electron chi connectivity index (χ2n) is 3.93. The molecule has 1 aromatic rings. The van der Waals surface area contributed by atoms with E-state index in [0.717, 1.165) is 16.8 Å². The Morgan fingerprint density at radius 3 is 2.83 bits per heavy atom. The molecule has 0 spiro atoms. The molecule has 0 aromatic carbocycles. The first-order valence-electron chi connectivity index (χ1n) is 5.43. The number of hydrogen-bond acceptors (Lipinski definition) is 5. The average molecular weight is 288 g/mol. The lowest BCUT2D eigenvalue weighted by atomic mass is 10.2. The van der Waals surface area contributed by atoms with Crippen LogP contribution in [-0.2, 0) is 9.59 Å². The lowest BCUT2D eigenvalue weighted by molar-refractivity contribution is -0.133. The summed E-state index contributed by atoms with van der Waals surface area (Å²) in [4.78, 5) is 27.9. The van der Waals surface area contributed by atoms with Gasteiger partial charge in [0.05, 0.1) is 16.5 Å². The molecule has 0 fully saturated rings. The van der Waals surface area contributed by atoms with E-state index in [1.54, 1.807) is 29.5 Å². The maximum atomic E-state index is 11.7. The minimum absolute atomic E-state index is 0.0401. The summed E-state index contributed by atoms with van der Waals surface area (Å²) in [6.07, 6.45) is 1.75. The van der Waals surface area contributed by atoms with Gasteiger partial charge in [-0.3, -0.25) is 9.59 Å². The highest BCUT2D eigenvalue weighted by atomic mass is 32.2. The van der Waals surface area contributed by atoms with Crippen molar-refractivity contribution in [1.82, 2.24) is 9.88 Å². The molecule has 5 nitrogen and oxygen atoms in total. The Hall–Kier alpha value is -1.08. The third-order valence-corrected chi connectivity index (χ3v) is 4.21. The summed E-state index contributed by atoms with van der Waals surface area (Å²) in [5.41, 5.74) is 0. The number of amides is 1. The Labute approximate surface area is 114 Å². The van der Waals surface area contributed by atoms with Gasteiger partial charge in [0.2, 0.25) is 5.91 Å². The number of carbonyl (C=O) groups excluding carboxylic acids is 1. The summed E-state index contributed by atoms with van der Waals surface area (Å²) in [6.45, 7) is 2.62. The van der Waals surface area contributed by atoms with E-state index in [1.807, 2.05) is 12.3 Å². The van der Waals surface area contributed by atoms with Crippen molar-refractivity contribution in [3.63, 3.8) is 0 Å². The second-order valence-corrected chi connectivity index (χ2v) is 5.84. The van der Waals surface area contributed by atoms with Crippen LogP contribution in [0, 0.1) is 0 Å². The van der Waals surface area contributed by atoms with Crippen LogP contribution in [0.25, 0.3) is 0 Å². The zero-order valence-electron chi connectivity index (χ0n) is 10.3. The van der Waals surface area contributed by atoms with E-state index in [0.29, 0.717) is 6.54 Å². The van der Waals surface area contributed by atoms with Crippen LogP contribution in [0.1, 0.15) is 17.8 Å². The van der Waals surface area contributed by atoms with Crippen LogP contribution in [0.4, 0.5) is 0 Å². The fourth-order valence-electron chi connectivity index (χ4n) is 1.40. The maximum absolute atomic E-state index is 11.7. The molecule has 0 bridgehead atoms. The summed E-state index contributed by atoms with van der Waals surface area (Å²) in [5, 5.41) is 11.4. The molecule has 0 aliphatic rings. The van der Waals surface area contributed by atoms with Gasteiger partial charge >= 0.3 is 5.97 Å². The van der Waals surface area contributed by atoms with Gasteiger partial charge in [-0.2, -0.15) is 0 Å². The first-order valence-corrected chi connectivity index (χ1v) is 7.47. The Morgan fingerprint density at radius 2 is 2.28 bits per heavy atom. The van der Waals surface area contributed by atoms with Gasteiger partial charge < -0.3 is 10.0 Å². The van der Waals surface area contributed by atoms with Crippen LogP contribution in [0.5, 0.6) is 0 Å². The molecule has 1 amide bonds. The molecular formula is C11H16N2O3S2. The molecule has 1 heterocycles. The van der Waals surface area contributed by atoms with Crippen molar-refractivity contribution in [2.24, 2.45) is 0 Å². The summed E-state index contributed by atoms with van der Waals surface area (Å²) in [6, 6.07) is 0. The van der Waals surface area contributed by atoms with Crippen molar-refractivity contribution in [2.45, 2.75) is 12.8 Å². The lowest BCUT2D eigenvalue weighted by Crippen LogP contribution is -2.32. The first kappa shape index (κ1) is 15.0. The van der Waals surface area contributed by atoms with Crippen molar-refractivity contribution < 1.29 is 14.7 Å². The van der Waals surface area contributed by atoms with Gasteiger partial charge in [0.25, 0.3) is 0 Å². The van der Waals surface area contributed by atoms with Crippen LogP contribution in [-0.4, -0.2) is 52.0 Å². The van der Waals surface area contributed by atoms with Crippen LogP contribution in [0.3, 0.4) is 0 Å². The Balaban J connectivity index is 2.33. The highest BCUT2D eigenvalue weighted by Gasteiger charge is 2.15. The smallest absolute Gasteiger partial charge is 0.313 e. The summed E-state index contributed by atoms with van der Waals surface area (Å²) < 4.78 is 0. The van der Waals surface area contributed by atoms with Crippen LogP contribution >= 0.6 is 23.1 Å². The van der Waals surface area contributed by atoms with E-state index in [2.05, 4.69) is 4.98 Å². The van der Waals surface area contributed by atoms with Gasteiger partial charge in [-0.05, 0) is 0 Å². The molecule has 0 radical (unpaired) electrons. The number of aromatic nitrogens is 1. The predicted octanol–water partition coefficient (Wildman–Crippen LogP) is 1.52. The number of carboxylic acids is 1. The normalized spacial score (nSPS) is 12.1. The van der Waals surface area contributed by atoms with Gasteiger partial charge in [0, 0.05) is 31.1 Å². The number of nitrogens with zero attached hydrogens (tertiary/aromatic N) is 2. The zero-order chi connectivity index (χ0) is 13.5. The summed E-state index contributed by atoms with van der Waals surface area (Å²) in [7, 11) is 1.73. The number of aliphatic carboxylic acids is 1. The van der Waals surface area contributed by atoms with Gasteiger partial charge in [-0.15, -0.1) is 23.1 Å². The van der Waals surface area contributed by atoms with Crippen molar-refractivity contribution in [1.29, 1.82) is 0 Å². The third-order valence-electron chi connectivity index (χ3n) is 2.30. The molecule has 1 rings (SSSR count). The Bertz CT molecular complexity index is 395. The van der Waals surface area contributed by atoms with Gasteiger partial charge in [-0.1, -0.05) is 6.92 Å². The van der Waals surface area contributed by atoms with E-state index in [1.165, 1.54) is 0 Å². The first-order chi connectivity index (χ1) is 8.50. The molecule has 1 N–H and O–H groups in total. The van der Waals surface area contributed by atoms with Crippen molar-refractivity contribution in [3.05, 3.63) is 16.6 Å². The van der Waals surface area contributed by atoms with Crippen molar-refractivity contribution in [2.75, 3.05) is 25.1 Å². The van der Waals surface area contributed by atoms with Crippen LogP contribution < -0.4 is 0 Å². The van der Waals surface area contributed by atoms with E-state index in [4.69, 9.17) is 5.11 Å². The largest absolute Gasteiger partial charge is 0.481 e. The predicted molar refractivity (Wildman–Crippen MR) is 73.1 cm³/mol. The van der Waals surface area contributed by atoms with Gasteiger partial charge in [0.1, 0.15) is 0 Å². The van der Waals surface area contributed by atoms with Gasteiger partial charge in [0.15, 0.2) is 0 Å². The number of carbonyl (C=O) groups is 2.